The molecule has 2 rings (SSSR count). The Morgan fingerprint density at radius 2 is 2.10 bits per heavy atom. The Bertz CT molecular complexity index is 397. The van der Waals surface area contributed by atoms with Crippen molar-refractivity contribution >= 4 is 18.3 Å². The molecule has 118 valence electrons. The molecule has 1 saturated heterocycles. The Labute approximate surface area is 131 Å². The molecule has 1 heterocycles. The molecule has 1 atom stereocenters. The van der Waals surface area contributed by atoms with Crippen molar-refractivity contribution in [2.24, 2.45) is 0 Å². The van der Waals surface area contributed by atoms with Crippen molar-refractivity contribution < 1.29 is 14.3 Å². The van der Waals surface area contributed by atoms with E-state index in [4.69, 9.17) is 9.47 Å². The number of carbonyl (C=O) groups is 1. The van der Waals surface area contributed by atoms with E-state index in [0.29, 0.717) is 25.8 Å². The van der Waals surface area contributed by atoms with Gasteiger partial charge < -0.3 is 20.1 Å². The average Bonchev–Trinajstić information content (AvgIpc) is 2.99. The fraction of sp³-hybridized carbons (Fsp3) is 0.533. The van der Waals surface area contributed by atoms with Crippen molar-refractivity contribution in [3.63, 3.8) is 0 Å². The molecule has 0 radical (unpaired) electrons. The van der Waals surface area contributed by atoms with Gasteiger partial charge >= 0.3 is 0 Å². The van der Waals surface area contributed by atoms with E-state index in [2.05, 4.69) is 10.6 Å². The third-order valence-corrected chi connectivity index (χ3v) is 3.18. The van der Waals surface area contributed by atoms with Crippen LogP contribution in [0.5, 0.6) is 5.75 Å². The highest BCUT2D eigenvalue weighted by atomic mass is 35.5. The molecule has 0 bridgehead atoms. The van der Waals surface area contributed by atoms with Crippen molar-refractivity contribution in [1.82, 2.24) is 10.6 Å². The van der Waals surface area contributed by atoms with E-state index in [1.54, 1.807) is 0 Å². The molecule has 0 aromatic heterocycles. The quantitative estimate of drug-likeness (QED) is 0.712. The number of hydrogen-bond acceptors (Lipinski definition) is 4. The van der Waals surface area contributed by atoms with Gasteiger partial charge in [0.1, 0.15) is 19.0 Å². The average molecular weight is 315 g/mol. The maximum Gasteiger partial charge on any atom is 0.246 e. The molecule has 2 N–H and O–H groups in total. The van der Waals surface area contributed by atoms with E-state index < -0.39 is 0 Å². The first-order valence-electron chi connectivity index (χ1n) is 7.10. The van der Waals surface area contributed by atoms with E-state index in [0.717, 1.165) is 18.7 Å². The highest BCUT2D eigenvalue weighted by Crippen LogP contribution is 2.07. The number of carbonyl (C=O) groups excluding carboxylic acids is 1. The number of halogens is 1. The fourth-order valence-electron chi connectivity index (χ4n) is 2.12. The second kappa shape index (κ2) is 10.4. The Morgan fingerprint density at radius 3 is 2.81 bits per heavy atom. The lowest BCUT2D eigenvalue weighted by molar-refractivity contribution is -0.126. The topological polar surface area (TPSA) is 59.6 Å². The fourth-order valence-corrected chi connectivity index (χ4v) is 2.12. The van der Waals surface area contributed by atoms with Crippen LogP contribution in [0.2, 0.25) is 0 Å². The molecule has 1 aliphatic rings. The van der Waals surface area contributed by atoms with Gasteiger partial charge in [-0.3, -0.25) is 4.79 Å². The van der Waals surface area contributed by atoms with E-state index in [1.165, 1.54) is 6.42 Å². The molecule has 1 amide bonds. The van der Waals surface area contributed by atoms with E-state index in [9.17, 15) is 4.79 Å². The lowest BCUT2D eigenvalue weighted by Crippen LogP contribution is -2.38. The standard InChI is InChI=1S/C15H22N2O3.ClH/c18-15(17-11-13-5-4-8-16-13)12-19-9-10-20-14-6-2-1-3-7-14;/h1-3,6-7,13,16H,4-5,8-12H2,(H,17,18);1H. The van der Waals surface area contributed by atoms with Gasteiger partial charge in [0.2, 0.25) is 5.91 Å². The summed E-state index contributed by atoms with van der Waals surface area (Å²) in [6.07, 6.45) is 2.32. The smallest absolute Gasteiger partial charge is 0.246 e. The zero-order valence-electron chi connectivity index (χ0n) is 12.0. The second-order valence-electron chi connectivity index (χ2n) is 4.81. The van der Waals surface area contributed by atoms with Crippen LogP contribution >= 0.6 is 12.4 Å². The van der Waals surface area contributed by atoms with Crippen LogP contribution in [0.15, 0.2) is 30.3 Å². The summed E-state index contributed by atoms with van der Waals surface area (Å²) in [5.41, 5.74) is 0. The minimum absolute atomic E-state index is 0. The predicted octanol–water partition coefficient (Wildman–Crippen LogP) is 1.37. The van der Waals surface area contributed by atoms with E-state index in [-0.39, 0.29) is 24.9 Å². The molecule has 0 saturated carbocycles. The maximum absolute atomic E-state index is 11.5. The number of nitrogens with one attached hydrogen (secondary N) is 2. The van der Waals surface area contributed by atoms with Gasteiger partial charge in [0.05, 0.1) is 6.61 Å². The number of benzene rings is 1. The normalized spacial score (nSPS) is 17.0. The summed E-state index contributed by atoms with van der Waals surface area (Å²) in [6, 6.07) is 9.97. The van der Waals surface area contributed by atoms with Crippen LogP contribution in [0.25, 0.3) is 0 Å². The van der Waals surface area contributed by atoms with Crippen LogP contribution in [0.4, 0.5) is 0 Å². The third-order valence-electron chi connectivity index (χ3n) is 3.18. The van der Waals surface area contributed by atoms with Gasteiger partial charge in [-0.15, -0.1) is 12.4 Å². The summed E-state index contributed by atoms with van der Waals surface area (Å²) in [7, 11) is 0. The van der Waals surface area contributed by atoms with E-state index >= 15 is 0 Å². The first-order chi connectivity index (χ1) is 9.84. The van der Waals surface area contributed by atoms with Gasteiger partial charge in [-0.2, -0.15) is 0 Å². The van der Waals surface area contributed by atoms with E-state index in [1.807, 2.05) is 30.3 Å². The first-order valence-corrected chi connectivity index (χ1v) is 7.10. The lowest BCUT2D eigenvalue weighted by Gasteiger charge is -2.11. The number of ether oxygens (including phenoxy) is 2. The summed E-state index contributed by atoms with van der Waals surface area (Å²) in [5.74, 6) is 0.742. The Morgan fingerprint density at radius 1 is 1.29 bits per heavy atom. The van der Waals surface area contributed by atoms with Crippen LogP contribution in [0.3, 0.4) is 0 Å². The predicted molar refractivity (Wildman–Crippen MR) is 84.0 cm³/mol. The maximum atomic E-state index is 11.5. The molecular formula is C15H23ClN2O3. The van der Waals surface area contributed by atoms with Gasteiger partial charge in [0, 0.05) is 12.6 Å². The SMILES string of the molecule is Cl.O=C(COCCOc1ccccc1)NCC1CCCN1. The van der Waals surface area contributed by atoms with Crippen LogP contribution in [0.1, 0.15) is 12.8 Å². The molecule has 1 unspecified atom stereocenters. The molecule has 1 aliphatic heterocycles. The van der Waals surface area contributed by atoms with Crippen LogP contribution in [-0.2, 0) is 9.53 Å². The van der Waals surface area contributed by atoms with Crippen molar-refractivity contribution in [2.45, 2.75) is 18.9 Å². The molecule has 0 aliphatic carbocycles. The third kappa shape index (κ3) is 7.32. The largest absolute Gasteiger partial charge is 0.491 e. The number of rotatable bonds is 8. The number of amides is 1. The van der Waals surface area contributed by atoms with Gasteiger partial charge in [-0.05, 0) is 31.5 Å². The summed E-state index contributed by atoms with van der Waals surface area (Å²) < 4.78 is 10.7. The lowest BCUT2D eigenvalue weighted by atomic mass is 10.2. The Kier molecular flexibility index (Phi) is 8.82. The minimum atomic E-state index is -0.0709. The van der Waals surface area contributed by atoms with Gasteiger partial charge in [0.15, 0.2) is 0 Å². The molecule has 6 heteroatoms. The Balaban J connectivity index is 0.00000220. The highest BCUT2D eigenvalue weighted by molar-refractivity contribution is 5.85. The molecule has 1 aromatic rings. The van der Waals surface area contributed by atoms with Gasteiger partial charge in [-0.1, -0.05) is 18.2 Å². The molecule has 21 heavy (non-hydrogen) atoms. The highest BCUT2D eigenvalue weighted by Gasteiger charge is 2.14. The second-order valence-corrected chi connectivity index (χ2v) is 4.81. The molecule has 0 spiro atoms. The van der Waals surface area contributed by atoms with Crippen molar-refractivity contribution in [1.29, 1.82) is 0 Å². The summed E-state index contributed by atoms with van der Waals surface area (Å²) in [5, 5.41) is 6.20. The number of para-hydroxylation sites is 1. The minimum Gasteiger partial charge on any atom is -0.491 e. The molecular weight excluding hydrogens is 292 g/mol. The Hall–Kier alpha value is -1.30. The monoisotopic (exact) mass is 314 g/mol. The molecule has 1 fully saturated rings. The molecule has 5 nitrogen and oxygen atoms in total. The van der Waals surface area contributed by atoms with Crippen LogP contribution < -0.4 is 15.4 Å². The summed E-state index contributed by atoms with van der Waals surface area (Å²) >= 11 is 0. The zero-order valence-corrected chi connectivity index (χ0v) is 12.9. The summed E-state index contributed by atoms with van der Waals surface area (Å²) in [6.45, 7) is 2.67. The van der Waals surface area contributed by atoms with Gasteiger partial charge in [-0.25, -0.2) is 0 Å². The molecule has 1 aromatic carbocycles. The van der Waals surface area contributed by atoms with Gasteiger partial charge in [0.25, 0.3) is 0 Å². The van der Waals surface area contributed by atoms with Crippen molar-refractivity contribution in [3.05, 3.63) is 30.3 Å². The number of hydrogen-bond donors (Lipinski definition) is 2. The zero-order chi connectivity index (χ0) is 14.0. The van der Waals surface area contributed by atoms with Crippen LogP contribution in [-0.4, -0.2) is 44.9 Å². The van der Waals surface area contributed by atoms with Crippen LogP contribution in [0, 0.1) is 0 Å². The van der Waals surface area contributed by atoms with Crippen molar-refractivity contribution in [2.75, 3.05) is 32.9 Å². The van der Waals surface area contributed by atoms with Crippen molar-refractivity contribution in [3.8, 4) is 5.75 Å². The first kappa shape index (κ1) is 17.8. The summed E-state index contributed by atoms with van der Waals surface area (Å²) in [4.78, 5) is 11.5.